The van der Waals surface area contributed by atoms with Crippen molar-refractivity contribution in [2.75, 3.05) is 11.9 Å². The molecule has 1 atom stereocenters. The Kier molecular flexibility index (Phi) is 5.51. The zero-order chi connectivity index (χ0) is 18.5. The average Bonchev–Trinajstić information content (AvgIpc) is 3.13. The van der Waals surface area contributed by atoms with Gasteiger partial charge in [0.15, 0.2) is 0 Å². The monoisotopic (exact) mass is 355 g/mol. The van der Waals surface area contributed by atoms with Gasteiger partial charge in [0.05, 0.1) is 0 Å². The van der Waals surface area contributed by atoms with E-state index in [9.17, 15) is 14.0 Å². The van der Waals surface area contributed by atoms with Crippen LogP contribution in [0.5, 0.6) is 0 Å². The van der Waals surface area contributed by atoms with Gasteiger partial charge in [-0.3, -0.25) is 4.79 Å². The molecular formula is C20H22FN3O2. The Balaban J connectivity index is 1.57. The quantitative estimate of drug-likeness (QED) is 0.882. The first-order valence-corrected chi connectivity index (χ1v) is 8.69. The Morgan fingerprint density at radius 3 is 2.50 bits per heavy atom. The third-order valence-corrected chi connectivity index (χ3v) is 4.50. The van der Waals surface area contributed by atoms with Gasteiger partial charge in [-0.05, 0) is 49.6 Å². The van der Waals surface area contributed by atoms with E-state index in [0.717, 1.165) is 17.5 Å². The molecule has 0 aliphatic carbocycles. The molecule has 1 fully saturated rings. The number of amides is 3. The lowest BCUT2D eigenvalue weighted by Crippen LogP contribution is -2.47. The van der Waals surface area contributed by atoms with E-state index in [-0.39, 0.29) is 17.8 Å². The van der Waals surface area contributed by atoms with E-state index in [0.29, 0.717) is 25.2 Å². The van der Waals surface area contributed by atoms with E-state index in [1.54, 1.807) is 17.0 Å². The van der Waals surface area contributed by atoms with Crippen LogP contribution in [-0.2, 0) is 11.3 Å². The van der Waals surface area contributed by atoms with E-state index in [2.05, 4.69) is 10.6 Å². The van der Waals surface area contributed by atoms with Crippen LogP contribution >= 0.6 is 0 Å². The van der Waals surface area contributed by atoms with Crippen LogP contribution in [0.1, 0.15) is 24.0 Å². The van der Waals surface area contributed by atoms with Crippen LogP contribution in [0, 0.1) is 12.7 Å². The third kappa shape index (κ3) is 4.39. The number of aryl methyl sites for hydroxylation is 1. The number of nitrogens with one attached hydrogen (secondary N) is 2. The molecule has 26 heavy (non-hydrogen) atoms. The summed E-state index contributed by atoms with van der Waals surface area (Å²) in [5.74, 6) is -0.499. The molecule has 0 aromatic heterocycles. The van der Waals surface area contributed by atoms with Crippen LogP contribution in [0.15, 0.2) is 48.5 Å². The van der Waals surface area contributed by atoms with Crippen molar-refractivity contribution in [3.05, 3.63) is 65.5 Å². The maximum absolute atomic E-state index is 12.9. The highest BCUT2D eigenvalue weighted by Crippen LogP contribution is 2.19. The summed E-state index contributed by atoms with van der Waals surface area (Å²) in [6.45, 7) is 2.84. The third-order valence-electron chi connectivity index (χ3n) is 4.50. The van der Waals surface area contributed by atoms with Crippen LogP contribution < -0.4 is 10.6 Å². The minimum absolute atomic E-state index is 0.189. The molecular weight excluding hydrogens is 333 g/mol. The molecule has 3 rings (SSSR count). The molecule has 0 radical (unpaired) electrons. The number of rotatable bonds is 4. The molecule has 0 saturated carbocycles. The normalized spacial score (nSPS) is 16.4. The fourth-order valence-electron chi connectivity index (χ4n) is 3.02. The lowest BCUT2D eigenvalue weighted by atomic mass is 10.2. The second-order valence-corrected chi connectivity index (χ2v) is 6.49. The van der Waals surface area contributed by atoms with Crippen molar-refractivity contribution in [3.8, 4) is 0 Å². The van der Waals surface area contributed by atoms with Crippen molar-refractivity contribution in [1.29, 1.82) is 0 Å². The number of benzene rings is 2. The minimum Gasteiger partial charge on any atom is -0.350 e. The lowest BCUT2D eigenvalue weighted by Gasteiger charge is -2.24. The van der Waals surface area contributed by atoms with Crippen LogP contribution in [0.25, 0.3) is 0 Å². The van der Waals surface area contributed by atoms with Crippen molar-refractivity contribution in [2.24, 2.45) is 0 Å². The summed E-state index contributed by atoms with van der Waals surface area (Å²) in [5, 5.41) is 5.67. The number of carbonyl (C=O) groups excluding carboxylic acids is 2. The SMILES string of the molecule is Cc1ccc(NC(=O)N2CCC[C@H]2C(=O)NCc2ccc(F)cc2)cc1. The van der Waals surface area contributed by atoms with Gasteiger partial charge in [-0.25, -0.2) is 9.18 Å². The zero-order valence-electron chi connectivity index (χ0n) is 14.7. The molecule has 3 amide bonds. The second-order valence-electron chi connectivity index (χ2n) is 6.49. The van der Waals surface area contributed by atoms with Crippen LogP contribution in [-0.4, -0.2) is 29.4 Å². The summed E-state index contributed by atoms with van der Waals surface area (Å²) in [6, 6.07) is 12.8. The molecule has 136 valence electrons. The Morgan fingerprint density at radius 2 is 1.81 bits per heavy atom. The fraction of sp³-hybridized carbons (Fsp3) is 0.300. The van der Waals surface area contributed by atoms with Crippen molar-refractivity contribution in [1.82, 2.24) is 10.2 Å². The van der Waals surface area contributed by atoms with Gasteiger partial charge in [-0.2, -0.15) is 0 Å². The number of hydrogen-bond acceptors (Lipinski definition) is 2. The summed E-state index contributed by atoms with van der Waals surface area (Å²) in [4.78, 5) is 26.6. The Hall–Kier alpha value is -2.89. The number of carbonyl (C=O) groups is 2. The molecule has 1 heterocycles. The van der Waals surface area contributed by atoms with Crippen LogP contribution in [0.4, 0.5) is 14.9 Å². The van der Waals surface area contributed by atoms with Gasteiger partial charge >= 0.3 is 6.03 Å². The van der Waals surface area contributed by atoms with Crippen molar-refractivity contribution in [2.45, 2.75) is 32.4 Å². The van der Waals surface area contributed by atoms with E-state index < -0.39 is 6.04 Å². The van der Waals surface area contributed by atoms with Crippen molar-refractivity contribution >= 4 is 17.6 Å². The van der Waals surface area contributed by atoms with E-state index in [4.69, 9.17) is 0 Å². The molecule has 1 aliphatic rings. The molecule has 0 unspecified atom stereocenters. The van der Waals surface area contributed by atoms with Gasteiger partial charge in [-0.15, -0.1) is 0 Å². The molecule has 2 N–H and O–H groups in total. The number of halogens is 1. The molecule has 1 saturated heterocycles. The molecule has 2 aromatic rings. The predicted molar refractivity (Wildman–Crippen MR) is 98.2 cm³/mol. The van der Waals surface area contributed by atoms with Gasteiger partial charge in [0.2, 0.25) is 5.91 Å². The fourth-order valence-corrected chi connectivity index (χ4v) is 3.02. The lowest BCUT2D eigenvalue weighted by molar-refractivity contribution is -0.124. The predicted octanol–water partition coefficient (Wildman–Crippen LogP) is 3.45. The molecule has 0 bridgehead atoms. The van der Waals surface area contributed by atoms with E-state index in [1.807, 2.05) is 31.2 Å². The summed E-state index contributed by atoms with van der Waals surface area (Å²) < 4.78 is 12.9. The number of likely N-dealkylation sites (tertiary alicyclic amines) is 1. The minimum atomic E-state index is -0.485. The first-order valence-electron chi connectivity index (χ1n) is 8.69. The molecule has 2 aromatic carbocycles. The van der Waals surface area contributed by atoms with E-state index >= 15 is 0 Å². The van der Waals surface area contributed by atoms with Crippen molar-refractivity contribution < 1.29 is 14.0 Å². The van der Waals surface area contributed by atoms with Gasteiger partial charge in [0.1, 0.15) is 11.9 Å². The van der Waals surface area contributed by atoms with Gasteiger partial charge in [0.25, 0.3) is 0 Å². The summed E-state index contributed by atoms with van der Waals surface area (Å²) in [6.07, 6.45) is 1.42. The summed E-state index contributed by atoms with van der Waals surface area (Å²) in [7, 11) is 0. The highest BCUT2D eigenvalue weighted by Gasteiger charge is 2.34. The number of anilines is 1. The van der Waals surface area contributed by atoms with Crippen LogP contribution in [0.2, 0.25) is 0 Å². The largest absolute Gasteiger partial charge is 0.350 e. The van der Waals surface area contributed by atoms with Gasteiger partial charge in [0, 0.05) is 18.8 Å². The second kappa shape index (κ2) is 7.99. The average molecular weight is 355 g/mol. The summed E-state index contributed by atoms with van der Waals surface area (Å²) in [5.41, 5.74) is 2.63. The molecule has 1 aliphatic heterocycles. The number of hydrogen-bond donors (Lipinski definition) is 2. The Morgan fingerprint density at radius 1 is 1.12 bits per heavy atom. The maximum Gasteiger partial charge on any atom is 0.322 e. The van der Waals surface area contributed by atoms with Crippen LogP contribution in [0.3, 0.4) is 0 Å². The Labute approximate surface area is 152 Å². The van der Waals surface area contributed by atoms with Crippen molar-refractivity contribution in [3.63, 3.8) is 0 Å². The first kappa shape index (κ1) is 17.9. The topological polar surface area (TPSA) is 61.4 Å². The highest BCUT2D eigenvalue weighted by molar-refractivity contribution is 5.94. The number of nitrogens with zero attached hydrogens (tertiary/aromatic N) is 1. The molecule has 0 spiro atoms. The zero-order valence-corrected chi connectivity index (χ0v) is 14.7. The highest BCUT2D eigenvalue weighted by atomic mass is 19.1. The smallest absolute Gasteiger partial charge is 0.322 e. The first-order chi connectivity index (χ1) is 12.5. The Bertz CT molecular complexity index is 775. The van der Waals surface area contributed by atoms with E-state index in [1.165, 1.54) is 12.1 Å². The van der Waals surface area contributed by atoms with Gasteiger partial charge in [-0.1, -0.05) is 29.8 Å². The standard InChI is InChI=1S/C20H22FN3O2/c1-14-4-10-17(11-5-14)23-20(26)24-12-2-3-18(24)19(25)22-13-15-6-8-16(21)9-7-15/h4-11,18H,2-3,12-13H2,1H3,(H,22,25)(H,23,26)/t18-/m0/s1. The maximum atomic E-state index is 12.9. The number of urea groups is 1. The van der Waals surface area contributed by atoms with Gasteiger partial charge < -0.3 is 15.5 Å². The molecule has 6 heteroatoms. The summed E-state index contributed by atoms with van der Waals surface area (Å²) >= 11 is 0. The molecule has 5 nitrogen and oxygen atoms in total.